The first kappa shape index (κ1) is 10.0. The summed E-state index contributed by atoms with van der Waals surface area (Å²) in [5.41, 5.74) is 0. The van der Waals surface area contributed by atoms with Crippen molar-refractivity contribution in [2.75, 3.05) is 0 Å². The van der Waals surface area contributed by atoms with Crippen LogP contribution >= 0.6 is 8.58 Å². The van der Waals surface area contributed by atoms with E-state index in [0.29, 0.717) is 0 Å². The first-order chi connectivity index (χ1) is 7.25. The minimum Gasteiger partial charge on any atom is -0.870 e. The molecule has 0 aliphatic heterocycles. The molecule has 0 radical (unpaired) electrons. The zero-order valence-corrected chi connectivity index (χ0v) is 9.21. The van der Waals surface area contributed by atoms with Gasteiger partial charge in [-0.15, -0.1) is 0 Å². The molecule has 0 fully saturated rings. The Morgan fingerprint density at radius 3 is 2.27 bits per heavy atom. The molecule has 3 heteroatoms. The van der Waals surface area contributed by atoms with E-state index in [2.05, 4.69) is 0 Å². The van der Waals surface area contributed by atoms with Gasteiger partial charge in [0.15, 0.2) is 0 Å². The smallest absolute Gasteiger partial charge is 0.115 e. The van der Waals surface area contributed by atoms with Gasteiger partial charge >= 0.3 is 0 Å². The second-order valence-electron chi connectivity index (χ2n) is 3.27. The SMILES string of the molecule is [O-]c1ccccc1[PH2+]c1ccc(O)cc1. The lowest BCUT2D eigenvalue weighted by Crippen LogP contribution is -2.08. The molecule has 2 aromatic carbocycles. The molecule has 0 spiro atoms. The Bertz CT molecular complexity index is 451. The number of phenols is 1. The van der Waals surface area contributed by atoms with Crippen LogP contribution in [0.3, 0.4) is 0 Å². The second kappa shape index (κ2) is 4.33. The minimum atomic E-state index is -0.177. The highest BCUT2D eigenvalue weighted by molar-refractivity contribution is 7.55. The van der Waals surface area contributed by atoms with E-state index in [9.17, 15) is 5.11 Å². The Hall–Kier alpha value is -1.53. The zero-order valence-electron chi connectivity index (χ0n) is 8.05. The average Bonchev–Trinajstić information content (AvgIpc) is 2.25. The maximum atomic E-state index is 11.5. The number of phenolic OH excluding ortho intramolecular Hbond substituents is 1. The zero-order chi connectivity index (χ0) is 10.7. The van der Waals surface area contributed by atoms with E-state index in [1.54, 1.807) is 24.3 Å². The molecule has 76 valence electrons. The van der Waals surface area contributed by atoms with E-state index < -0.39 is 0 Å². The summed E-state index contributed by atoms with van der Waals surface area (Å²) in [6.45, 7) is 0. The molecular weight excluding hydrogens is 207 g/mol. The van der Waals surface area contributed by atoms with Crippen molar-refractivity contribution in [3.63, 3.8) is 0 Å². The summed E-state index contributed by atoms with van der Waals surface area (Å²) in [4.78, 5) is 0. The van der Waals surface area contributed by atoms with Gasteiger partial charge in [-0.2, -0.15) is 0 Å². The monoisotopic (exact) mass is 218 g/mol. The highest BCUT2D eigenvalue weighted by atomic mass is 31.1. The number of benzene rings is 2. The van der Waals surface area contributed by atoms with Crippen molar-refractivity contribution in [2.45, 2.75) is 0 Å². The van der Waals surface area contributed by atoms with Gasteiger partial charge in [-0.25, -0.2) is 0 Å². The van der Waals surface area contributed by atoms with Crippen LogP contribution in [0.2, 0.25) is 0 Å². The quantitative estimate of drug-likeness (QED) is 0.758. The third-order valence-corrected chi connectivity index (χ3v) is 3.64. The molecule has 0 saturated carbocycles. The number of aromatic hydroxyl groups is 1. The van der Waals surface area contributed by atoms with Crippen LogP contribution in [-0.4, -0.2) is 5.11 Å². The average molecular weight is 218 g/mol. The van der Waals surface area contributed by atoms with Gasteiger partial charge in [0.25, 0.3) is 0 Å². The van der Waals surface area contributed by atoms with Crippen LogP contribution in [0.15, 0.2) is 48.5 Å². The summed E-state index contributed by atoms with van der Waals surface area (Å²) < 4.78 is 0. The fraction of sp³-hybridized carbons (Fsp3) is 0. The van der Waals surface area contributed by atoms with Crippen LogP contribution < -0.4 is 15.7 Å². The summed E-state index contributed by atoms with van der Waals surface area (Å²) in [5, 5.41) is 22.6. The molecular formula is C12H11O2P. The van der Waals surface area contributed by atoms with Gasteiger partial charge < -0.3 is 10.2 Å². The van der Waals surface area contributed by atoms with E-state index in [4.69, 9.17) is 5.11 Å². The molecule has 0 aliphatic carbocycles. The van der Waals surface area contributed by atoms with Crippen LogP contribution in [0.4, 0.5) is 0 Å². The second-order valence-corrected chi connectivity index (χ2v) is 4.85. The standard InChI is InChI=1S/C12H11O2P/c13-9-5-7-10(8-6-9)15-12-4-2-1-3-11(12)14/h1-8,13-15H. The van der Waals surface area contributed by atoms with Crippen LogP contribution in [0.5, 0.6) is 11.5 Å². The van der Waals surface area contributed by atoms with Crippen molar-refractivity contribution >= 4 is 19.2 Å². The lowest BCUT2D eigenvalue weighted by molar-refractivity contribution is -0.266. The van der Waals surface area contributed by atoms with Gasteiger partial charge in [0, 0.05) is 0 Å². The Labute approximate surface area is 90.0 Å². The predicted octanol–water partition coefficient (Wildman–Crippen LogP) is 0.827. The van der Waals surface area contributed by atoms with Crippen LogP contribution in [0.1, 0.15) is 0 Å². The Morgan fingerprint density at radius 1 is 0.933 bits per heavy atom. The Balaban J connectivity index is 2.22. The molecule has 0 amide bonds. The number of para-hydroxylation sites is 1. The number of rotatable bonds is 2. The molecule has 1 atom stereocenters. The van der Waals surface area contributed by atoms with Gasteiger partial charge in [-0.1, -0.05) is 23.9 Å². The fourth-order valence-electron chi connectivity index (χ4n) is 1.35. The summed E-state index contributed by atoms with van der Waals surface area (Å²) in [5.74, 6) is 0.356. The van der Waals surface area contributed by atoms with E-state index in [1.165, 1.54) is 0 Å². The van der Waals surface area contributed by atoms with Crippen LogP contribution in [-0.2, 0) is 0 Å². The molecule has 0 saturated heterocycles. The van der Waals surface area contributed by atoms with E-state index in [1.807, 2.05) is 24.3 Å². The normalized spacial score (nSPS) is 10.9. The molecule has 15 heavy (non-hydrogen) atoms. The van der Waals surface area contributed by atoms with Gasteiger partial charge in [0.2, 0.25) is 0 Å². The van der Waals surface area contributed by atoms with Gasteiger partial charge in [0.05, 0.1) is 19.2 Å². The predicted molar refractivity (Wildman–Crippen MR) is 63.0 cm³/mol. The Morgan fingerprint density at radius 2 is 1.60 bits per heavy atom. The maximum absolute atomic E-state index is 11.5. The number of hydrogen-bond acceptors (Lipinski definition) is 2. The molecule has 2 rings (SSSR count). The lowest BCUT2D eigenvalue weighted by Gasteiger charge is -2.06. The summed E-state index contributed by atoms with van der Waals surface area (Å²) in [7, 11) is -0.177. The summed E-state index contributed by atoms with van der Waals surface area (Å²) >= 11 is 0. The summed E-state index contributed by atoms with van der Waals surface area (Å²) in [6.07, 6.45) is 0. The van der Waals surface area contributed by atoms with E-state index in [0.717, 1.165) is 10.6 Å². The lowest BCUT2D eigenvalue weighted by atomic mass is 10.3. The summed E-state index contributed by atoms with van der Waals surface area (Å²) in [6, 6.07) is 14.1. The van der Waals surface area contributed by atoms with Gasteiger partial charge in [-0.05, 0) is 30.3 Å². The van der Waals surface area contributed by atoms with Crippen LogP contribution in [0, 0.1) is 0 Å². The van der Waals surface area contributed by atoms with Crippen molar-refractivity contribution in [1.29, 1.82) is 0 Å². The van der Waals surface area contributed by atoms with Crippen LogP contribution in [0.25, 0.3) is 0 Å². The first-order valence-corrected chi connectivity index (χ1v) is 5.81. The molecule has 1 N–H and O–H groups in total. The van der Waals surface area contributed by atoms with E-state index in [-0.39, 0.29) is 20.1 Å². The Kier molecular flexibility index (Phi) is 2.89. The minimum absolute atomic E-state index is 0.0978. The van der Waals surface area contributed by atoms with Crippen molar-refractivity contribution in [2.24, 2.45) is 0 Å². The molecule has 2 aromatic rings. The maximum Gasteiger partial charge on any atom is 0.115 e. The molecule has 1 unspecified atom stereocenters. The van der Waals surface area contributed by atoms with Crippen molar-refractivity contribution in [3.05, 3.63) is 48.5 Å². The van der Waals surface area contributed by atoms with Crippen molar-refractivity contribution < 1.29 is 10.2 Å². The van der Waals surface area contributed by atoms with Crippen molar-refractivity contribution in [3.8, 4) is 11.5 Å². The third-order valence-electron chi connectivity index (χ3n) is 2.13. The number of hydrogen-bond donors (Lipinski definition) is 1. The first-order valence-electron chi connectivity index (χ1n) is 4.65. The van der Waals surface area contributed by atoms with Crippen molar-refractivity contribution in [1.82, 2.24) is 0 Å². The molecule has 2 nitrogen and oxygen atoms in total. The largest absolute Gasteiger partial charge is 0.870 e. The highest BCUT2D eigenvalue weighted by Gasteiger charge is 2.03. The molecule has 0 aromatic heterocycles. The highest BCUT2D eigenvalue weighted by Crippen LogP contribution is 2.17. The topological polar surface area (TPSA) is 43.3 Å². The van der Waals surface area contributed by atoms with Gasteiger partial charge in [-0.3, -0.25) is 0 Å². The molecule has 0 heterocycles. The van der Waals surface area contributed by atoms with E-state index >= 15 is 0 Å². The molecule has 0 bridgehead atoms. The molecule has 0 aliphatic rings. The third kappa shape index (κ3) is 2.48. The fourth-order valence-corrected chi connectivity index (χ4v) is 2.54. The van der Waals surface area contributed by atoms with Gasteiger partial charge in [0.1, 0.15) is 5.75 Å².